The molecule has 2 amide bonds. The van der Waals surface area contributed by atoms with Gasteiger partial charge in [-0.25, -0.2) is 0 Å². The van der Waals surface area contributed by atoms with Gasteiger partial charge in [0.05, 0.1) is 0 Å². The molecule has 160 valence electrons. The van der Waals surface area contributed by atoms with E-state index < -0.39 is 0 Å². The first kappa shape index (κ1) is 22.1. The van der Waals surface area contributed by atoms with Gasteiger partial charge >= 0.3 is 0 Å². The molecule has 0 saturated heterocycles. The van der Waals surface area contributed by atoms with Crippen molar-refractivity contribution in [3.63, 3.8) is 0 Å². The van der Waals surface area contributed by atoms with Crippen LogP contribution in [0.1, 0.15) is 47.7 Å². The van der Waals surface area contributed by atoms with E-state index in [-0.39, 0.29) is 18.4 Å². The van der Waals surface area contributed by atoms with Crippen LogP contribution >= 0.6 is 0 Å². The lowest BCUT2D eigenvalue weighted by atomic mass is 9.99. The van der Waals surface area contributed by atoms with Gasteiger partial charge in [0.25, 0.3) is 11.8 Å². The lowest BCUT2D eigenvalue weighted by Crippen LogP contribution is -2.20. The number of anilines is 2. The number of ether oxygens (including phenoxy) is 1. The van der Waals surface area contributed by atoms with Crippen LogP contribution in [0.25, 0.3) is 0 Å². The van der Waals surface area contributed by atoms with E-state index in [4.69, 9.17) is 4.74 Å². The number of carbonyl (C=O) groups excluding carboxylic acids is 2. The molecule has 0 radical (unpaired) electrons. The Morgan fingerprint density at radius 2 is 1.55 bits per heavy atom. The highest BCUT2D eigenvalue weighted by atomic mass is 16.5. The molecule has 1 atom stereocenters. The molecule has 2 N–H and O–H groups in total. The Bertz CT molecular complexity index is 1030. The summed E-state index contributed by atoms with van der Waals surface area (Å²) in [6, 6.07) is 22.2. The zero-order valence-electron chi connectivity index (χ0n) is 18.1. The average Bonchev–Trinajstić information content (AvgIpc) is 2.79. The van der Waals surface area contributed by atoms with Crippen molar-refractivity contribution in [2.24, 2.45) is 0 Å². The second kappa shape index (κ2) is 10.4. The number of aryl methyl sites for hydroxylation is 1. The van der Waals surface area contributed by atoms with E-state index in [0.29, 0.717) is 28.6 Å². The summed E-state index contributed by atoms with van der Waals surface area (Å²) in [6.07, 6.45) is 1.08. The third kappa shape index (κ3) is 6.44. The highest BCUT2D eigenvalue weighted by Crippen LogP contribution is 2.21. The van der Waals surface area contributed by atoms with Crippen molar-refractivity contribution in [1.82, 2.24) is 0 Å². The normalized spacial score (nSPS) is 11.5. The molecule has 3 aromatic carbocycles. The molecule has 1 unspecified atom stereocenters. The number of benzene rings is 3. The SMILES string of the molecule is CCC(C)c1ccc(OCC(=O)Nc2ccc(NC(=O)c3cccc(C)c3)cc2)cc1. The van der Waals surface area contributed by atoms with Gasteiger partial charge in [0.15, 0.2) is 6.61 Å². The van der Waals surface area contributed by atoms with E-state index in [9.17, 15) is 9.59 Å². The summed E-state index contributed by atoms with van der Waals surface area (Å²) < 4.78 is 5.57. The molecule has 5 nitrogen and oxygen atoms in total. The van der Waals surface area contributed by atoms with Gasteiger partial charge in [-0.3, -0.25) is 9.59 Å². The Kier molecular flexibility index (Phi) is 7.44. The Morgan fingerprint density at radius 3 is 2.16 bits per heavy atom. The molecule has 0 bridgehead atoms. The number of hydrogen-bond acceptors (Lipinski definition) is 3. The van der Waals surface area contributed by atoms with Crippen LogP contribution in [0.4, 0.5) is 11.4 Å². The molecule has 31 heavy (non-hydrogen) atoms. The van der Waals surface area contributed by atoms with Gasteiger partial charge in [0.1, 0.15) is 5.75 Å². The van der Waals surface area contributed by atoms with Crippen LogP contribution in [0.15, 0.2) is 72.8 Å². The summed E-state index contributed by atoms with van der Waals surface area (Å²) >= 11 is 0. The first-order valence-electron chi connectivity index (χ1n) is 10.5. The first-order chi connectivity index (χ1) is 14.9. The second-order valence-corrected chi connectivity index (χ2v) is 7.62. The van der Waals surface area contributed by atoms with Gasteiger partial charge in [0, 0.05) is 16.9 Å². The number of amides is 2. The Labute approximate surface area is 183 Å². The lowest BCUT2D eigenvalue weighted by molar-refractivity contribution is -0.118. The predicted octanol–water partition coefficient (Wildman–Crippen LogP) is 5.78. The first-order valence-corrected chi connectivity index (χ1v) is 10.5. The van der Waals surface area contributed by atoms with E-state index in [0.717, 1.165) is 12.0 Å². The fourth-order valence-electron chi connectivity index (χ4n) is 3.10. The van der Waals surface area contributed by atoms with Crippen LogP contribution in [0.2, 0.25) is 0 Å². The van der Waals surface area contributed by atoms with Crippen molar-refractivity contribution >= 4 is 23.2 Å². The monoisotopic (exact) mass is 416 g/mol. The summed E-state index contributed by atoms with van der Waals surface area (Å²) in [5, 5.41) is 5.65. The standard InChI is InChI=1S/C26H28N2O3/c1-4-19(3)20-8-14-24(15-9-20)31-17-25(29)27-22-10-12-23(13-11-22)28-26(30)21-7-5-6-18(2)16-21/h5-16,19H,4,17H2,1-3H3,(H,27,29)(H,28,30). The molecular formula is C26H28N2O3. The minimum Gasteiger partial charge on any atom is -0.484 e. The fourth-order valence-corrected chi connectivity index (χ4v) is 3.10. The summed E-state index contributed by atoms with van der Waals surface area (Å²) in [5.41, 5.74) is 4.18. The molecule has 5 heteroatoms. The lowest BCUT2D eigenvalue weighted by Gasteiger charge is -2.11. The van der Waals surface area contributed by atoms with Crippen molar-refractivity contribution in [2.75, 3.05) is 17.2 Å². The predicted molar refractivity (Wildman–Crippen MR) is 125 cm³/mol. The zero-order chi connectivity index (χ0) is 22.2. The molecule has 3 aromatic rings. The molecule has 0 fully saturated rings. The highest BCUT2D eigenvalue weighted by molar-refractivity contribution is 6.04. The van der Waals surface area contributed by atoms with E-state index in [2.05, 4.69) is 24.5 Å². The fraction of sp³-hybridized carbons (Fsp3) is 0.231. The zero-order valence-corrected chi connectivity index (χ0v) is 18.1. The number of rotatable bonds is 8. The van der Waals surface area contributed by atoms with Crippen molar-refractivity contribution in [3.8, 4) is 5.75 Å². The maximum absolute atomic E-state index is 12.3. The van der Waals surface area contributed by atoms with Gasteiger partial charge in [0.2, 0.25) is 0 Å². The van der Waals surface area contributed by atoms with Crippen LogP contribution in [0.3, 0.4) is 0 Å². The van der Waals surface area contributed by atoms with E-state index in [1.807, 2.05) is 49.4 Å². The third-order valence-electron chi connectivity index (χ3n) is 5.14. The van der Waals surface area contributed by atoms with Crippen LogP contribution in [0, 0.1) is 6.92 Å². The minimum atomic E-state index is -0.248. The molecule has 0 aliphatic heterocycles. The highest BCUT2D eigenvalue weighted by Gasteiger charge is 2.08. The Morgan fingerprint density at radius 1 is 0.903 bits per heavy atom. The van der Waals surface area contributed by atoms with Crippen LogP contribution < -0.4 is 15.4 Å². The van der Waals surface area contributed by atoms with Crippen molar-refractivity contribution in [2.45, 2.75) is 33.1 Å². The summed E-state index contributed by atoms with van der Waals surface area (Å²) in [7, 11) is 0. The molecule has 0 heterocycles. The molecule has 3 rings (SSSR count). The molecule has 0 aliphatic carbocycles. The van der Waals surface area contributed by atoms with E-state index in [1.165, 1.54) is 5.56 Å². The third-order valence-corrected chi connectivity index (χ3v) is 5.14. The number of nitrogens with one attached hydrogen (secondary N) is 2. The van der Waals surface area contributed by atoms with Gasteiger partial charge in [-0.05, 0) is 73.4 Å². The second-order valence-electron chi connectivity index (χ2n) is 7.62. The molecule has 0 aliphatic rings. The summed E-state index contributed by atoms with van der Waals surface area (Å²) in [5.74, 6) is 0.745. The quantitative estimate of drug-likeness (QED) is 0.489. The molecule has 0 aromatic heterocycles. The van der Waals surface area contributed by atoms with E-state index >= 15 is 0 Å². The maximum atomic E-state index is 12.3. The van der Waals surface area contributed by atoms with Crippen molar-refractivity contribution in [1.29, 1.82) is 0 Å². The summed E-state index contributed by atoms with van der Waals surface area (Å²) in [6.45, 7) is 6.21. The Hall–Kier alpha value is -3.60. The smallest absolute Gasteiger partial charge is 0.262 e. The van der Waals surface area contributed by atoms with Gasteiger partial charge in [-0.1, -0.05) is 43.7 Å². The van der Waals surface area contributed by atoms with Crippen LogP contribution in [-0.2, 0) is 4.79 Å². The van der Waals surface area contributed by atoms with Crippen molar-refractivity contribution in [3.05, 3.63) is 89.5 Å². The van der Waals surface area contributed by atoms with Gasteiger partial charge in [-0.15, -0.1) is 0 Å². The van der Waals surface area contributed by atoms with Crippen LogP contribution in [-0.4, -0.2) is 18.4 Å². The summed E-state index contributed by atoms with van der Waals surface area (Å²) in [4.78, 5) is 24.5. The van der Waals surface area contributed by atoms with Crippen molar-refractivity contribution < 1.29 is 14.3 Å². The Balaban J connectivity index is 1.49. The molecule has 0 spiro atoms. The number of hydrogen-bond donors (Lipinski definition) is 2. The topological polar surface area (TPSA) is 67.4 Å². The average molecular weight is 417 g/mol. The van der Waals surface area contributed by atoms with Gasteiger partial charge in [-0.2, -0.15) is 0 Å². The van der Waals surface area contributed by atoms with E-state index in [1.54, 1.807) is 30.3 Å². The largest absolute Gasteiger partial charge is 0.484 e. The molecule has 0 saturated carbocycles. The number of carbonyl (C=O) groups is 2. The van der Waals surface area contributed by atoms with Gasteiger partial charge < -0.3 is 15.4 Å². The molecular weight excluding hydrogens is 388 g/mol. The minimum absolute atomic E-state index is 0.0749. The van der Waals surface area contributed by atoms with Crippen LogP contribution in [0.5, 0.6) is 5.75 Å². The maximum Gasteiger partial charge on any atom is 0.262 e.